The van der Waals surface area contributed by atoms with Crippen LogP contribution in [0.5, 0.6) is 0 Å². The summed E-state index contributed by atoms with van der Waals surface area (Å²) in [5, 5.41) is 11.4. The summed E-state index contributed by atoms with van der Waals surface area (Å²) < 4.78 is 5.54. The largest absolute Gasteiger partial charge is 0.391 e. The standard InChI is InChI=1S/C19H33NO2/c1-22-13-17(20-5-3-2-4-6-20)18(21)19-10-14-7-15(11-19)9-16(8-14)12-19/h14-18,21H,2-13H2,1H3/t14?,15?,16?,17-,18-,19?/m1/s1. The van der Waals surface area contributed by atoms with Gasteiger partial charge >= 0.3 is 0 Å². The van der Waals surface area contributed by atoms with Crippen LogP contribution in [-0.2, 0) is 4.74 Å². The molecule has 4 aliphatic carbocycles. The van der Waals surface area contributed by atoms with E-state index in [2.05, 4.69) is 4.90 Å². The number of aliphatic hydroxyl groups excluding tert-OH is 1. The summed E-state index contributed by atoms with van der Waals surface area (Å²) in [7, 11) is 1.79. The van der Waals surface area contributed by atoms with Gasteiger partial charge in [-0.15, -0.1) is 0 Å². The van der Waals surface area contributed by atoms with Crippen LogP contribution in [0.3, 0.4) is 0 Å². The van der Waals surface area contributed by atoms with E-state index in [-0.39, 0.29) is 17.6 Å². The van der Waals surface area contributed by atoms with E-state index in [0.717, 1.165) is 30.8 Å². The van der Waals surface area contributed by atoms with Gasteiger partial charge in [-0.1, -0.05) is 6.42 Å². The lowest BCUT2D eigenvalue weighted by Crippen LogP contribution is -2.60. The van der Waals surface area contributed by atoms with E-state index in [1.807, 2.05) is 0 Å². The van der Waals surface area contributed by atoms with Gasteiger partial charge in [0.1, 0.15) is 0 Å². The van der Waals surface area contributed by atoms with E-state index in [1.54, 1.807) is 7.11 Å². The maximum atomic E-state index is 11.4. The lowest BCUT2D eigenvalue weighted by Gasteiger charge is -2.60. The molecule has 3 heteroatoms. The highest BCUT2D eigenvalue weighted by molar-refractivity contribution is 5.07. The van der Waals surface area contributed by atoms with E-state index in [4.69, 9.17) is 4.74 Å². The van der Waals surface area contributed by atoms with Crippen LogP contribution in [0.15, 0.2) is 0 Å². The number of likely N-dealkylation sites (tertiary alicyclic amines) is 1. The Balaban J connectivity index is 1.54. The van der Waals surface area contributed by atoms with Crippen molar-refractivity contribution in [3.8, 4) is 0 Å². The van der Waals surface area contributed by atoms with Crippen LogP contribution >= 0.6 is 0 Å². The van der Waals surface area contributed by atoms with Gasteiger partial charge in [-0.05, 0) is 87.6 Å². The zero-order chi connectivity index (χ0) is 15.2. The summed E-state index contributed by atoms with van der Waals surface area (Å²) >= 11 is 0. The van der Waals surface area contributed by atoms with Gasteiger partial charge in [0.25, 0.3) is 0 Å². The second kappa shape index (κ2) is 6.07. The summed E-state index contributed by atoms with van der Waals surface area (Å²) in [6, 6.07) is 0.224. The zero-order valence-electron chi connectivity index (χ0n) is 14.2. The van der Waals surface area contributed by atoms with E-state index in [9.17, 15) is 5.11 Å². The van der Waals surface area contributed by atoms with Crippen molar-refractivity contribution in [3.05, 3.63) is 0 Å². The topological polar surface area (TPSA) is 32.7 Å². The Kier molecular flexibility index (Phi) is 4.25. The summed E-state index contributed by atoms with van der Waals surface area (Å²) in [5.74, 6) is 2.72. The molecule has 1 heterocycles. The molecule has 0 aromatic rings. The van der Waals surface area contributed by atoms with Crippen molar-refractivity contribution < 1.29 is 9.84 Å². The van der Waals surface area contributed by atoms with Gasteiger partial charge in [-0.3, -0.25) is 4.90 Å². The summed E-state index contributed by atoms with van der Waals surface area (Å²) in [6.07, 6.45) is 11.9. The molecule has 0 aromatic carbocycles. The Morgan fingerprint density at radius 2 is 1.55 bits per heavy atom. The van der Waals surface area contributed by atoms with Crippen molar-refractivity contribution in [2.75, 3.05) is 26.8 Å². The minimum Gasteiger partial charge on any atom is -0.391 e. The molecule has 0 radical (unpaired) electrons. The first-order valence-electron chi connectivity index (χ1n) is 9.61. The molecule has 1 aliphatic heterocycles. The average molecular weight is 307 g/mol. The molecule has 5 aliphatic rings. The van der Waals surface area contributed by atoms with Crippen molar-refractivity contribution >= 4 is 0 Å². The van der Waals surface area contributed by atoms with Crippen LogP contribution in [0.25, 0.3) is 0 Å². The lowest BCUT2D eigenvalue weighted by molar-refractivity contribution is -0.152. The van der Waals surface area contributed by atoms with Crippen LogP contribution in [0.2, 0.25) is 0 Å². The third kappa shape index (κ3) is 2.63. The normalized spacial score (nSPS) is 44.2. The molecular weight excluding hydrogens is 274 g/mol. The number of hydrogen-bond acceptors (Lipinski definition) is 3. The van der Waals surface area contributed by atoms with E-state index in [1.165, 1.54) is 57.8 Å². The van der Waals surface area contributed by atoms with Gasteiger partial charge in [-0.2, -0.15) is 0 Å². The van der Waals surface area contributed by atoms with Crippen molar-refractivity contribution in [3.63, 3.8) is 0 Å². The van der Waals surface area contributed by atoms with Crippen molar-refractivity contribution in [2.45, 2.75) is 69.9 Å². The first kappa shape index (κ1) is 15.4. The second-order valence-corrected chi connectivity index (χ2v) is 8.84. The molecule has 5 rings (SSSR count). The molecule has 4 saturated carbocycles. The Labute approximate surface area is 135 Å². The molecule has 1 N–H and O–H groups in total. The van der Waals surface area contributed by atoms with Gasteiger partial charge in [0, 0.05) is 7.11 Å². The first-order chi connectivity index (χ1) is 10.7. The number of aliphatic hydroxyl groups is 1. The van der Waals surface area contributed by atoms with Crippen LogP contribution in [0, 0.1) is 23.2 Å². The molecule has 5 fully saturated rings. The predicted molar refractivity (Wildman–Crippen MR) is 87.7 cm³/mol. The Hall–Kier alpha value is -0.120. The van der Waals surface area contributed by atoms with Gasteiger partial charge in [0.15, 0.2) is 0 Å². The van der Waals surface area contributed by atoms with E-state index in [0.29, 0.717) is 6.61 Å². The second-order valence-electron chi connectivity index (χ2n) is 8.84. The van der Waals surface area contributed by atoms with Crippen molar-refractivity contribution in [1.82, 2.24) is 4.90 Å². The molecule has 0 aromatic heterocycles. The van der Waals surface area contributed by atoms with Gasteiger partial charge in [0.05, 0.1) is 18.8 Å². The number of hydrogen-bond donors (Lipinski definition) is 1. The fourth-order valence-electron chi connectivity index (χ4n) is 6.77. The Bertz CT molecular complexity index is 356. The van der Waals surface area contributed by atoms with Gasteiger partial charge in [-0.25, -0.2) is 0 Å². The van der Waals surface area contributed by atoms with Crippen molar-refractivity contribution in [1.29, 1.82) is 0 Å². The molecule has 0 unspecified atom stereocenters. The monoisotopic (exact) mass is 307 g/mol. The molecule has 2 atom stereocenters. The minimum atomic E-state index is -0.182. The van der Waals surface area contributed by atoms with Gasteiger partial charge in [0.2, 0.25) is 0 Å². The quantitative estimate of drug-likeness (QED) is 0.847. The summed E-state index contributed by atoms with van der Waals surface area (Å²) in [6.45, 7) is 3.00. The maximum Gasteiger partial charge on any atom is 0.0774 e. The van der Waals surface area contributed by atoms with E-state index < -0.39 is 0 Å². The Morgan fingerprint density at radius 3 is 2.05 bits per heavy atom. The fourth-order valence-corrected chi connectivity index (χ4v) is 6.77. The first-order valence-corrected chi connectivity index (χ1v) is 9.61. The van der Waals surface area contributed by atoms with Crippen LogP contribution < -0.4 is 0 Å². The molecular formula is C19H33NO2. The molecule has 0 amide bonds. The molecule has 1 saturated heterocycles. The third-order valence-corrected chi connectivity index (χ3v) is 7.27. The highest BCUT2D eigenvalue weighted by atomic mass is 16.5. The molecule has 126 valence electrons. The highest BCUT2D eigenvalue weighted by Gasteiger charge is 2.55. The fraction of sp³-hybridized carbons (Fsp3) is 1.00. The lowest BCUT2D eigenvalue weighted by atomic mass is 9.47. The molecule has 22 heavy (non-hydrogen) atoms. The number of rotatable bonds is 5. The van der Waals surface area contributed by atoms with Crippen molar-refractivity contribution in [2.24, 2.45) is 23.2 Å². The van der Waals surface area contributed by atoms with Crippen LogP contribution in [0.4, 0.5) is 0 Å². The number of nitrogens with zero attached hydrogens (tertiary/aromatic N) is 1. The molecule has 0 spiro atoms. The van der Waals surface area contributed by atoms with Crippen LogP contribution in [0.1, 0.15) is 57.8 Å². The maximum absolute atomic E-state index is 11.4. The smallest absolute Gasteiger partial charge is 0.0774 e. The number of piperidine rings is 1. The summed E-state index contributed by atoms with van der Waals surface area (Å²) in [5.41, 5.74) is 0.218. The zero-order valence-corrected chi connectivity index (χ0v) is 14.2. The number of ether oxygens (including phenoxy) is 1. The molecule has 3 nitrogen and oxygen atoms in total. The highest BCUT2D eigenvalue weighted by Crippen LogP contribution is 2.61. The molecule has 4 bridgehead atoms. The SMILES string of the molecule is COC[C@H]([C@@H](O)C12CC3CC(CC(C3)C1)C2)N1CCCCC1. The summed E-state index contributed by atoms with van der Waals surface area (Å²) in [4.78, 5) is 2.54. The predicted octanol–water partition coefficient (Wildman–Crippen LogP) is 3.06. The third-order valence-electron chi connectivity index (χ3n) is 7.27. The minimum absolute atomic E-state index is 0.182. The Morgan fingerprint density at radius 1 is 1.00 bits per heavy atom. The average Bonchev–Trinajstić information content (AvgIpc) is 2.51. The number of methoxy groups -OCH3 is 1. The van der Waals surface area contributed by atoms with E-state index >= 15 is 0 Å². The van der Waals surface area contributed by atoms with Gasteiger partial charge < -0.3 is 9.84 Å². The van der Waals surface area contributed by atoms with Crippen LogP contribution in [-0.4, -0.2) is 49.0 Å².